The van der Waals surface area contributed by atoms with E-state index in [1.54, 1.807) is 42.3 Å². The number of hydrogen-bond acceptors (Lipinski definition) is 6. The lowest BCUT2D eigenvalue weighted by Gasteiger charge is -2.38. The van der Waals surface area contributed by atoms with E-state index in [0.717, 1.165) is 0 Å². The zero-order chi connectivity index (χ0) is 24.8. The predicted octanol–water partition coefficient (Wildman–Crippen LogP) is 5.97. The van der Waals surface area contributed by atoms with E-state index in [-0.39, 0.29) is 12.0 Å². The molecule has 34 heavy (non-hydrogen) atoms. The van der Waals surface area contributed by atoms with Crippen molar-refractivity contribution < 1.29 is 14.3 Å². The minimum absolute atomic E-state index is 0.135. The summed E-state index contributed by atoms with van der Waals surface area (Å²) < 4.78 is 11.6. The maximum atomic E-state index is 11.7. The van der Waals surface area contributed by atoms with Crippen LogP contribution in [0, 0.1) is 11.3 Å². The Labute approximate surface area is 208 Å². The number of benzene rings is 2. The number of halogens is 2. The molecule has 2 heterocycles. The lowest BCUT2D eigenvalue weighted by atomic mass is 10.1. The number of methoxy groups -OCH3 is 1. The normalized spacial score (nSPS) is 12.6. The number of rotatable bonds is 6. The number of likely N-dealkylation sites (tertiary alicyclic amines) is 1. The number of ether oxygens (including phenoxy) is 2. The highest BCUT2D eigenvalue weighted by Gasteiger charge is 2.31. The van der Waals surface area contributed by atoms with Crippen LogP contribution in [-0.4, -0.2) is 42.1 Å². The number of carbonyl (C=O) groups excluding carboxylic acids is 1. The van der Waals surface area contributed by atoms with Crippen LogP contribution < -0.4 is 14.8 Å². The van der Waals surface area contributed by atoms with Gasteiger partial charge in [0.25, 0.3) is 0 Å². The first-order valence-electron chi connectivity index (χ1n) is 10.6. The summed E-state index contributed by atoms with van der Waals surface area (Å²) >= 11 is 12.3. The van der Waals surface area contributed by atoms with Crippen molar-refractivity contribution in [2.24, 2.45) is 0 Å². The molecule has 2 aromatic carbocycles. The highest BCUT2D eigenvalue weighted by Crippen LogP contribution is 2.39. The summed E-state index contributed by atoms with van der Waals surface area (Å²) in [6.45, 7) is 8.40. The number of nitrogens with one attached hydrogen (secondary N) is 1. The van der Waals surface area contributed by atoms with Crippen molar-refractivity contribution in [2.45, 2.75) is 20.0 Å². The summed E-state index contributed by atoms with van der Waals surface area (Å²) in [5.41, 5.74) is 2.08. The fourth-order valence-electron chi connectivity index (χ4n) is 3.40. The Morgan fingerprint density at radius 3 is 2.62 bits per heavy atom. The van der Waals surface area contributed by atoms with Crippen molar-refractivity contribution in [1.82, 2.24) is 9.88 Å². The zero-order valence-corrected chi connectivity index (χ0v) is 20.6. The number of hydrogen-bond donors (Lipinski definition) is 1. The molecule has 1 saturated heterocycles. The molecule has 0 saturated carbocycles. The molecule has 1 amide bonds. The van der Waals surface area contributed by atoms with Crippen molar-refractivity contribution in [3.8, 4) is 17.6 Å². The maximum Gasteiger partial charge on any atom is 0.246 e. The average molecular weight is 499 g/mol. The second-order valence-corrected chi connectivity index (χ2v) is 7.96. The van der Waals surface area contributed by atoms with Crippen molar-refractivity contribution in [1.29, 1.82) is 5.26 Å². The van der Waals surface area contributed by atoms with Gasteiger partial charge in [0.15, 0.2) is 11.5 Å². The van der Waals surface area contributed by atoms with Gasteiger partial charge in [-0.15, -0.1) is 0 Å². The molecule has 0 spiro atoms. The van der Waals surface area contributed by atoms with Crippen LogP contribution >= 0.6 is 23.2 Å². The first-order valence-corrected chi connectivity index (χ1v) is 11.4. The first-order chi connectivity index (χ1) is 16.4. The lowest BCUT2D eigenvalue weighted by Crippen LogP contribution is -2.55. The molecule has 9 heteroatoms. The van der Waals surface area contributed by atoms with E-state index in [1.807, 2.05) is 13.8 Å². The first kappa shape index (κ1) is 25.2. The number of nitrogens with zero attached hydrogens (tertiary/aromatic N) is 3. The quantitative estimate of drug-likeness (QED) is 0.421. The van der Waals surface area contributed by atoms with Gasteiger partial charge in [-0.1, -0.05) is 43.6 Å². The van der Waals surface area contributed by atoms with Gasteiger partial charge in [0.1, 0.15) is 12.2 Å². The molecule has 0 bridgehead atoms. The van der Waals surface area contributed by atoms with Crippen molar-refractivity contribution in [3.05, 3.63) is 64.8 Å². The lowest BCUT2D eigenvalue weighted by molar-refractivity contribution is -0.134. The van der Waals surface area contributed by atoms with Gasteiger partial charge in [0.2, 0.25) is 5.91 Å². The monoisotopic (exact) mass is 498 g/mol. The molecule has 1 N–H and O–H groups in total. The van der Waals surface area contributed by atoms with Gasteiger partial charge in [-0.05, 0) is 30.3 Å². The Bertz CT molecular complexity index is 1270. The Balaban J connectivity index is 0.00000158. The third-order valence-electron chi connectivity index (χ3n) is 5.09. The zero-order valence-electron chi connectivity index (χ0n) is 19.1. The van der Waals surface area contributed by atoms with E-state index in [9.17, 15) is 10.1 Å². The third-order valence-corrected chi connectivity index (χ3v) is 5.64. The van der Waals surface area contributed by atoms with Gasteiger partial charge < -0.3 is 19.7 Å². The second-order valence-electron chi connectivity index (χ2n) is 7.12. The van der Waals surface area contributed by atoms with E-state index in [4.69, 9.17) is 32.7 Å². The van der Waals surface area contributed by atoms with Gasteiger partial charge >= 0.3 is 0 Å². The molecule has 0 aliphatic carbocycles. The van der Waals surface area contributed by atoms with Gasteiger partial charge in [-0.25, -0.2) is 0 Å². The van der Waals surface area contributed by atoms with Crippen LogP contribution in [0.3, 0.4) is 0 Å². The SMILES string of the molecule is C=CC(=O)N1CC(Oc2cc3c(Nc4ccc(Cl)cc4Cl)c(C#N)cnc3cc2OC)C1.CC. The smallest absolute Gasteiger partial charge is 0.246 e. The molecule has 1 aliphatic heterocycles. The minimum Gasteiger partial charge on any atom is -0.493 e. The van der Waals surface area contributed by atoms with Crippen molar-refractivity contribution in [3.63, 3.8) is 0 Å². The van der Waals surface area contributed by atoms with E-state index >= 15 is 0 Å². The molecule has 176 valence electrons. The van der Waals surface area contributed by atoms with Crippen molar-refractivity contribution in [2.75, 3.05) is 25.5 Å². The van der Waals surface area contributed by atoms with Gasteiger partial charge in [-0.3, -0.25) is 9.78 Å². The summed E-state index contributed by atoms with van der Waals surface area (Å²) in [5.74, 6) is 0.848. The van der Waals surface area contributed by atoms with E-state index in [1.165, 1.54) is 12.3 Å². The highest BCUT2D eigenvalue weighted by molar-refractivity contribution is 6.36. The van der Waals surface area contributed by atoms with Crippen LogP contribution in [0.5, 0.6) is 11.5 Å². The van der Waals surface area contributed by atoms with Crippen LogP contribution in [-0.2, 0) is 4.79 Å². The molecule has 3 aromatic rings. The third kappa shape index (κ3) is 5.19. The summed E-state index contributed by atoms with van der Waals surface area (Å²) in [6, 6.07) is 10.7. The number of amides is 1. The number of carbonyl (C=O) groups is 1. The van der Waals surface area contributed by atoms with E-state index < -0.39 is 0 Å². The number of anilines is 2. The van der Waals surface area contributed by atoms with Gasteiger partial charge in [-0.2, -0.15) is 5.26 Å². The number of pyridine rings is 1. The second kappa shape index (κ2) is 11.1. The van der Waals surface area contributed by atoms with Crippen molar-refractivity contribution >= 4 is 51.4 Å². The number of aromatic nitrogens is 1. The van der Waals surface area contributed by atoms with Crippen LogP contribution in [0.15, 0.2) is 49.2 Å². The van der Waals surface area contributed by atoms with E-state index in [2.05, 4.69) is 22.9 Å². The molecule has 0 radical (unpaired) electrons. The summed E-state index contributed by atoms with van der Waals surface area (Å²) in [4.78, 5) is 17.7. The van der Waals surface area contributed by atoms with Crippen LogP contribution in [0.25, 0.3) is 10.9 Å². The fraction of sp³-hybridized carbons (Fsp3) is 0.240. The Kier molecular flexibility index (Phi) is 8.21. The van der Waals surface area contributed by atoms with Gasteiger partial charge in [0, 0.05) is 22.7 Å². The summed E-state index contributed by atoms with van der Waals surface area (Å²) in [6.07, 6.45) is 2.58. The van der Waals surface area contributed by atoms with Crippen LogP contribution in [0.1, 0.15) is 19.4 Å². The molecule has 1 fully saturated rings. The molecule has 0 unspecified atom stereocenters. The fourth-order valence-corrected chi connectivity index (χ4v) is 3.85. The standard InChI is InChI=1S/C23H18Cl2N4O3.C2H6/c1-3-22(30)29-11-15(12-29)32-21-7-16-19(8-20(21)31-2)27-10-13(9-26)23(16)28-18-5-4-14(24)6-17(18)25;1-2/h3-8,10,15H,1,11-12H2,2H3,(H,27,28);1-2H3. The molecule has 4 rings (SSSR count). The van der Waals surface area contributed by atoms with Crippen LogP contribution in [0.2, 0.25) is 10.0 Å². The average Bonchev–Trinajstić information content (AvgIpc) is 2.83. The highest BCUT2D eigenvalue weighted by atomic mass is 35.5. The molecular formula is C25H24Cl2N4O3. The van der Waals surface area contributed by atoms with Crippen LogP contribution in [0.4, 0.5) is 11.4 Å². The Morgan fingerprint density at radius 1 is 1.26 bits per heavy atom. The van der Waals surface area contributed by atoms with Gasteiger partial charge in [0.05, 0.1) is 47.7 Å². The summed E-state index contributed by atoms with van der Waals surface area (Å²) in [7, 11) is 1.54. The molecule has 1 aliphatic rings. The minimum atomic E-state index is -0.181. The number of fused-ring (bicyclic) bond motifs is 1. The largest absolute Gasteiger partial charge is 0.493 e. The Hall–Kier alpha value is -3.47. The molecule has 0 atom stereocenters. The molecule has 7 nitrogen and oxygen atoms in total. The Morgan fingerprint density at radius 2 is 2.00 bits per heavy atom. The topological polar surface area (TPSA) is 87.5 Å². The number of nitriles is 1. The maximum absolute atomic E-state index is 11.7. The molecular weight excluding hydrogens is 475 g/mol. The van der Waals surface area contributed by atoms with E-state index in [0.29, 0.717) is 62.5 Å². The predicted molar refractivity (Wildman–Crippen MR) is 135 cm³/mol. The summed E-state index contributed by atoms with van der Waals surface area (Å²) in [5, 5.41) is 14.5. The molecule has 1 aromatic heterocycles.